The summed E-state index contributed by atoms with van der Waals surface area (Å²) in [7, 11) is 1.59. The molecule has 1 saturated carbocycles. The van der Waals surface area contributed by atoms with E-state index in [2.05, 4.69) is 5.32 Å². The average Bonchev–Trinajstić information content (AvgIpc) is 2.47. The normalized spacial score (nSPS) is 16.7. The lowest BCUT2D eigenvalue weighted by Crippen LogP contribution is -2.40. The number of rotatable bonds is 3. The van der Waals surface area contributed by atoms with Gasteiger partial charge in [0.2, 0.25) is 0 Å². The van der Waals surface area contributed by atoms with Crippen molar-refractivity contribution in [1.29, 1.82) is 0 Å². The monoisotopic (exact) mass is 292 g/mol. The molecular formula is C16H24N2O3. The SMILES string of the molecule is COc1ccc(NC(=O)N(O)C2CCCCCCC2)cc1. The summed E-state index contributed by atoms with van der Waals surface area (Å²) in [6, 6.07) is 6.50. The fraction of sp³-hybridized carbons (Fsp3) is 0.562. The maximum atomic E-state index is 12.1. The fourth-order valence-electron chi connectivity index (χ4n) is 2.70. The molecule has 116 valence electrons. The zero-order valence-corrected chi connectivity index (χ0v) is 12.5. The van der Waals surface area contributed by atoms with E-state index in [1.54, 1.807) is 31.4 Å². The van der Waals surface area contributed by atoms with Crippen LogP contribution in [0.2, 0.25) is 0 Å². The number of amides is 2. The van der Waals surface area contributed by atoms with E-state index in [1.807, 2.05) is 0 Å². The summed E-state index contributed by atoms with van der Waals surface area (Å²) in [6.07, 6.45) is 7.50. The van der Waals surface area contributed by atoms with Gasteiger partial charge in [-0.2, -0.15) is 0 Å². The van der Waals surface area contributed by atoms with Crippen molar-refractivity contribution < 1.29 is 14.7 Å². The number of anilines is 1. The van der Waals surface area contributed by atoms with Gasteiger partial charge < -0.3 is 10.1 Å². The van der Waals surface area contributed by atoms with Gasteiger partial charge in [-0.15, -0.1) is 0 Å². The van der Waals surface area contributed by atoms with Gasteiger partial charge in [-0.25, -0.2) is 9.86 Å². The number of carbonyl (C=O) groups is 1. The van der Waals surface area contributed by atoms with Crippen molar-refractivity contribution in [1.82, 2.24) is 5.06 Å². The first-order valence-electron chi connectivity index (χ1n) is 7.64. The number of nitrogens with one attached hydrogen (secondary N) is 1. The minimum absolute atomic E-state index is 0.0800. The lowest BCUT2D eigenvalue weighted by molar-refractivity contribution is -0.0792. The summed E-state index contributed by atoms with van der Waals surface area (Å²) in [5, 5.41) is 13.7. The highest BCUT2D eigenvalue weighted by Crippen LogP contribution is 2.21. The third-order valence-electron chi connectivity index (χ3n) is 3.97. The Hall–Kier alpha value is -1.75. The lowest BCUT2D eigenvalue weighted by atomic mass is 9.96. The summed E-state index contributed by atoms with van der Waals surface area (Å²) in [5.41, 5.74) is 0.644. The standard InChI is InChI=1S/C16H24N2O3/c1-21-15-11-9-13(10-12-15)17-16(19)18(20)14-7-5-3-2-4-6-8-14/h9-12,14,20H,2-8H2,1H3,(H,17,19). The minimum atomic E-state index is -0.467. The van der Waals surface area contributed by atoms with E-state index in [4.69, 9.17) is 4.74 Å². The van der Waals surface area contributed by atoms with E-state index in [1.165, 1.54) is 19.3 Å². The van der Waals surface area contributed by atoms with Crippen LogP contribution in [0.3, 0.4) is 0 Å². The molecule has 1 aromatic carbocycles. The van der Waals surface area contributed by atoms with Crippen LogP contribution < -0.4 is 10.1 Å². The molecule has 0 saturated heterocycles. The Morgan fingerprint density at radius 3 is 2.29 bits per heavy atom. The Labute approximate surface area is 125 Å². The zero-order chi connectivity index (χ0) is 15.1. The van der Waals surface area contributed by atoms with Crippen LogP contribution in [0.15, 0.2) is 24.3 Å². The van der Waals surface area contributed by atoms with Gasteiger partial charge in [-0.05, 0) is 37.1 Å². The summed E-state index contributed by atoms with van der Waals surface area (Å²) in [5.74, 6) is 0.730. The number of methoxy groups -OCH3 is 1. The topological polar surface area (TPSA) is 61.8 Å². The van der Waals surface area contributed by atoms with E-state index >= 15 is 0 Å². The van der Waals surface area contributed by atoms with Crippen molar-refractivity contribution in [2.45, 2.75) is 51.0 Å². The highest BCUT2D eigenvalue weighted by molar-refractivity contribution is 5.88. The number of hydrogen-bond acceptors (Lipinski definition) is 3. The molecule has 1 aliphatic carbocycles. The summed E-state index contributed by atoms with van der Waals surface area (Å²) in [6.45, 7) is 0. The van der Waals surface area contributed by atoms with Crippen molar-refractivity contribution in [3.63, 3.8) is 0 Å². The van der Waals surface area contributed by atoms with Crippen LogP contribution in [-0.2, 0) is 0 Å². The molecule has 1 fully saturated rings. The average molecular weight is 292 g/mol. The first-order chi connectivity index (χ1) is 10.2. The van der Waals surface area contributed by atoms with Crippen LogP contribution in [0, 0.1) is 0 Å². The van der Waals surface area contributed by atoms with Gasteiger partial charge in [0.1, 0.15) is 5.75 Å². The second kappa shape index (κ2) is 7.88. The minimum Gasteiger partial charge on any atom is -0.497 e. The van der Waals surface area contributed by atoms with Crippen molar-refractivity contribution in [2.24, 2.45) is 0 Å². The fourth-order valence-corrected chi connectivity index (χ4v) is 2.70. The highest BCUT2D eigenvalue weighted by Gasteiger charge is 2.22. The number of benzene rings is 1. The molecule has 2 rings (SSSR count). The molecule has 0 unspecified atom stereocenters. The number of hydroxylamine groups is 2. The molecule has 0 radical (unpaired) electrons. The second-order valence-corrected chi connectivity index (χ2v) is 5.50. The van der Waals surface area contributed by atoms with Crippen LogP contribution in [0.4, 0.5) is 10.5 Å². The third kappa shape index (κ3) is 4.63. The molecule has 0 atom stereocenters. The van der Waals surface area contributed by atoms with E-state index < -0.39 is 6.03 Å². The molecule has 1 aromatic rings. The number of carbonyl (C=O) groups excluding carboxylic acids is 1. The summed E-state index contributed by atoms with van der Waals surface area (Å²) >= 11 is 0. The van der Waals surface area contributed by atoms with E-state index in [9.17, 15) is 10.0 Å². The van der Waals surface area contributed by atoms with Crippen molar-refractivity contribution in [3.05, 3.63) is 24.3 Å². The molecule has 0 heterocycles. The smallest absolute Gasteiger partial charge is 0.345 e. The molecule has 2 N–H and O–H groups in total. The molecule has 0 spiro atoms. The Kier molecular flexibility index (Phi) is 5.87. The number of urea groups is 1. The van der Waals surface area contributed by atoms with E-state index in [-0.39, 0.29) is 6.04 Å². The van der Waals surface area contributed by atoms with Crippen LogP contribution in [-0.4, -0.2) is 29.5 Å². The van der Waals surface area contributed by atoms with Crippen molar-refractivity contribution >= 4 is 11.7 Å². The Morgan fingerprint density at radius 2 is 1.71 bits per heavy atom. The van der Waals surface area contributed by atoms with Gasteiger partial charge in [0.05, 0.1) is 13.2 Å². The summed E-state index contributed by atoms with van der Waals surface area (Å²) in [4.78, 5) is 12.1. The van der Waals surface area contributed by atoms with Gasteiger partial charge in [-0.1, -0.05) is 32.1 Å². The molecule has 2 amide bonds. The van der Waals surface area contributed by atoms with Gasteiger partial charge >= 0.3 is 6.03 Å². The number of hydrogen-bond donors (Lipinski definition) is 2. The van der Waals surface area contributed by atoms with Gasteiger partial charge in [-0.3, -0.25) is 5.21 Å². The van der Waals surface area contributed by atoms with Gasteiger partial charge in [0.25, 0.3) is 0 Å². The third-order valence-corrected chi connectivity index (χ3v) is 3.97. The predicted octanol–water partition coefficient (Wildman–Crippen LogP) is 4.03. The largest absolute Gasteiger partial charge is 0.497 e. The summed E-state index contributed by atoms with van der Waals surface area (Å²) < 4.78 is 5.07. The molecular weight excluding hydrogens is 268 g/mol. The Morgan fingerprint density at radius 1 is 1.14 bits per heavy atom. The molecule has 0 aliphatic heterocycles. The van der Waals surface area contributed by atoms with Crippen LogP contribution in [0.1, 0.15) is 44.9 Å². The maximum absolute atomic E-state index is 12.1. The van der Waals surface area contributed by atoms with Crippen molar-refractivity contribution in [3.8, 4) is 5.75 Å². The molecule has 21 heavy (non-hydrogen) atoms. The van der Waals surface area contributed by atoms with Crippen LogP contribution >= 0.6 is 0 Å². The first-order valence-corrected chi connectivity index (χ1v) is 7.64. The van der Waals surface area contributed by atoms with Crippen molar-refractivity contribution in [2.75, 3.05) is 12.4 Å². The van der Waals surface area contributed by atoms with Crippen LogP contribution in [0.5, 0.6) is 5.75 Å². The van der Waals surface area contributed by atoms with Crippen LogP contribution in [0.25, 0.3) is 0 Å². The molecule has 5 heteroatoms. The molecule has 5 nitrogen and oxygen atoms in total. The molecule has 1 aliphatic rings. The first kappa shape index (κ1) is 15.6. The quantitative estimate of drug-likeness (QED) is 0.653. The lowest BCUT2D eigenvalue weighted by Gasteiger charge is -2.27. The Balaban J connectivity index is 1.90. The number of nitrogens with zero attached hydrogens (tertiary/aromatic N) is 1. The van der Waals surface area contributed by atoms with E-state index in [0.717, 1.165) is 36.5 Å². The zero-order valence-electron chi connectivity index (χ0n) is 12.5. The maximum Gasteiger partial charge on any atom is 0.345 e. The van der Waals surface area contributed by atoms with Gasteiger partial charge in [0, 0.05) is 5.69 Å². The predicted molar refractivity (Wildman–Crippen MR) is 81.7 cm³/mol. The van der Waals surface area contributed by atoms with E-state index in [0.29, 0.717) is 5.69 Å². The highest BCUT2D eigenvalue weighted by atomic mass is 16.5. The Bertz CT molecular complexity index is 439. The second-order valence-electron chi connectivity index (χ2n) is 5.50. The molecule has 0 aromatic heterocycles. The molecule has 0 bridgehead atoms. The number of ether oxygens (including phenoxy) is 1. The van der Waals surface area contributed by atoms with Gasteiger partial charge in [0.15, 0.2) is 0 Å².